The monoisotopic (exact) mass is 410 g/mol. The molecule has 1 atom stereocenters. The topological polar surface area (TPSA) is 78.6 Å². The molecule has 142 valence electrons. The first-order chi connectivity index (χ1) is 13.8. The second-order valence-electron chi connectivity index (χ2n) is 6.66. The summed E-state index contributed by atoms with van der Waals surface area (Å²) in [5.41, 5.74) is 2.38. The van der Waals surface area contributed by atoms with E-state index < -0.39 is 0 Å². The Balaban J connectivity index is 1.50. The van der Waals surface area contributed by atoms with Gasteiger partial charge in [-0.3, -0.25) is 0 Å². The Hall–Kier alpha value is -2.36. The van der Waals surface area contributed by atoms with Crippen molar-refractivity contribution in [3.05, 3.63) is 42.2 Å². The molecule has 1 aliphatic rings. The molecule has 1 saturated heterocycles. The highest BCUT2D eigenvalue weighted by Crippen LogP contribution is 2.41. The van der Waals surface area contributed by atoms with Crippen LogP contribution >= 0.6 is 23.1 Å². The molecule has 4 aromatic rings. The standard InChI is InChI=1S/C19H18N6OS2/c1-12-15-17(27-16(12)13-6-3-2-4-7-13)20-11-21-18(15)28-19-22-23-24-25(19)10-14-8-5-9-26-14/h2-4,6-7,11,14H,5,8-10H2,1H3/t14-/m1/s1. The molecule has 0 unspecified atom stereocenters. The van der Waals surface area contributed by atoms with Crippen molar-refractivity contribution in [3.8, 4) is 10.4 Å². The number of hydrogen-bond acceptors (Lipinski definition) is 8. The Kier molecular flexibility index (Phi) is 4.79. The van der Waals surface area contributed by atoms with Gasteiger partial charge in [0.1, 0.15) is 16.2 Å². The summed E-state index contributed by atoms with van der Waals surface area (Å²) in [6.45, 7) is 3.61. The molecular formula is C19H18N6OS2. The molecule has 0 spiro atoms. The van der Waals surface area contributed by atoms with E-state index in [9.17, 15) is 0 Å². The molecule has 5 rings (SSSR count). The Morgan fingerprint density at radius 3 is 2.96 bits per heavy atom. The highest BCUT2D eigenvalue weighted by Gasteiger charge is 2.21. The first-order valence-corrected chi connectivity index (χ1v) is 10.8. The van der Waals surface area contributed by atoms with Crippen LogP contribution in [0, 0.1) is 6.92 Å². The minimum atomic E-state index is 0.181. The van der Waals surface area contributed by atoms with Gasteiger partial charge >= 0.3 is 0 Å². The molecule has 1 aromatic carbocycles. The number of aromatic nitrogens is 6. The number of ether oxygens (including phenoxy) is 1. The van der Waals surface area contributed by atoms with Crippen molar-refractivity contribution in [2.24, 2.45) is 0 Å². The lowest BCUT2D eigenvalue weighted by molar-refractivity contribution is 0.0912. The third kappa shape index (κ3) is 3.30. The van der Waals surface area contributed by atoms with Crippen LogP contribution in [0.25, 0.3) is 20.7 Å². The molecule has 0 N–H and O–H groups in total. The van der Waals surface area contributed by atoms with E-state index in [0.29, 0.717) is 6.54 Å². The number of thiophene rings is 1. The van der Waals surface area contributed by atoms with Crippen molar-refractivity contribution in [1.29, 1.82) is 0 Å². The molecule has 1 aliphatic heterocycles. The average molecular weight is 411 g/mol. The van der Waals surface area contributed by atoms with Gasteiger partial charge in [0, 0.05) is 16.9 Å². The average Bonchev–Trinajstić information content (AvgIpc) is 3.45. The van der Waals surface area contributed by atoms with Gasteiger partial charge in [-0.2, -0.15) is 0 Å². The molecule has 28 heavy (non-hydrogen) atoms. The summed E-state index contributed by atoms with van der Waals surface area (Å²) in [4.78, 5) is 11.2. The predicted molar refractivity (Wildman–Crippen MR) is 109 cm³/mol. The second-order valence-corrected chi connectivity index (χ2v) is 8.62. The van der Waals surface area contributed by atoms with Crippen molar-refractivity contribution in [1.82, 2.24) is 30.2 Å². The minimum absolute atomic E-state index is 0.181. The van der Waals surface area contributed by atoms with Gasteiger partial charge < -0.3 is 4.74 Å². The van der Waals surface area contributed by atoms with E-state index in [1.807, 2.05) is 10.7 Å². The largest absolute Gasteiger partial charge is 0.376 e. The van der Waals surface area contributed by atoms with Crippen LogP contribution < -0.4 is 0 Å². The Morgan fingerprint density at radius 1 is 1.25 bits per heavy atom. The van der Waals surface area contributed by atoms with Crippen molar-refractivity contribution < 1.29 is 4.74 Å². The van der Waals surface area contributed by atoms with Crippen LogP contribution in [-0.2, 0) is 11.3 Å². The van der Waals surface area contributed by atoms with E-state index in [-0.39, 0.29) is 6.10 Å². The first-order valence-electron chi connectivity index (χ1n) is 9.15. The molecule has 0 bridgehead atoms. The van der Waals surface area contributed by atoms with E-state index in [1.54, 1.807) is 17.7 Å². The molecule has 3 aromatic heterocycles. The van der Waals surface area contributed by atoms with Crippen molar-refractivity contribution >= 4 is 33.3 Å². The minimum Gasteiger partial charge on any atom is -0.376 e. The molecule has 0 aliphatic carbocycles. The molecule has 0 saturated carbocycles. The van der Waals surface area contributed by atoms with Gasteiger partial charge in [-0.15, -0.1) is 16.4 Å². The Labute approximate surface area is 170 Å². The number of tetrazole rings is 1. The number of hydrogen-bond donors (Lipinski definition) is 0. The number of rotatable bonds is 5. The first kappa shape index (κ1) is 17.7. The van der Waals surface area contributed by atoms with Crippen molar-refractivity contribution in [2.45, 2.75) is 42.6 Å². The lowest BCUT2D eigenvalue weighted by Gasteiger charge is -2.10. The van der Waals surface area contributed by atoms with Crippen LogP contribution in [0.3, 0.4) is 0 Å². The maximum absolute atomic E-state index is 5.72. The van der Waals surface area contributed by atoms with Gasteiger partial charge in [-0.1, -0.05) is 30.3 Å². The van der Waals surface area contributed by atoms with Crippen LogP contribution in [0.2, 0.25) is 0 Å². The molecule has 9 heteroatoms. The highest BCUT2D eigenvalue weighted by atomic mass is 32.2. The molecular weight excluding hydrogens is 392 g/mol. The Bertz CT molecular complexity index is 1100. The summed E-state index contributed by atoms with van der Waals surface area (Å²) in [5.74, 6) is 0. The quantitative estimate of drug-likeness (QED) is 0.460. The SMILES string of the molecule is Cc1c(-c2ccccc2)sc2ncnc(Sc3nnnn3C[C@H]3CCCO3)c12. The summed E-state index contributed by atoms with van der Waals surface area (Å²) < 4.78 is 7.54. The van der Waals surface area contributed by atoms with Crippen LogP contribution in [0.4, 0.5) is 0 Å². The van der Waals surface area contributed by atoms with Gasteiger partial charge in [0.25, 0.3) is 0 Å². The van der Waals surface area contributed by atoms with Gasteiger partial charge in [-0.25, -0.2) is 14.6 Å². The molecule has 1 fully saturated rings. The van der Waals surface area contributed by atoms with Crippen molar-refractivity contribution in [2.75, 3.05) is 6.61 Å². The molecule has 4 heterocycles. The zero-order valence-electron chi connectivity index (χ0n) is 15.3. The summed E-state index contributed by atoms with van der Waals surface area (Å²) in [6.07, 6.45) is 3.94. The fourth-order valence-electron chi connectivity index (χ4n) is 3.43. The second kappa shape index (κ2) is 7.57. The Morgan fingerprint density at radius 2 is 2.14 bits per heavy atom. The molecule has 0 amide bonds. The highest BCUT2D eigenvalue weighted by molar-refractivity contribution is 7.99. The molecule has 7 nitrogen and oxygen atoms in total. The predicted octanol–water partition coefficient (Wildman–Crippen LogP) is 3.98. The number of fused-ring (bicyclic) bond motifs is 1. The summed E-state index contributed by atoms with van der Waals surface area (Å²) in [5, 5.41) is 14.9. The maximum atomic E-state index is 5.72. The van der Waals surface area contributed by atoms with E-state index in [4.69, 9.17) is 4.74 Å². The van der Waals surface area contributed by atoms with E-state index in [2.05, 4.69) is 56.7 Å². The third-order valence-electron chi connectivity index (χ3n) is 4.82. The third-order valence-corrected chi connectivity index (χ3v) is 7.04. The molecule has 0 radical (unpaired) electrons. The lowest BCUT2D eigenvalue weighted by Crippen LogP contribution is -2.16. The summed E-state index contributed by atoms with van der Waals surface area (Å²) in [6, 6.07) is 10.4. The summed E-state index contributed by atoms with van der Waals surface area (Å²) >= 11 is 3.17. The van der Waals surface area contributed by atoms with Crippen molar-refractivity contribution in [3.63, 3.8) is 0 Å². The number of benzene rings is 1. The van der Waals surface area contributed by atoms with Gasteiger partial charge in [0.2, 0.25) is 5.16 Å². The van der Waals surface area contributed by atoms with Gasteiger partial charge in [0.15, 0.2) is 0 Å². The van der Waals surface area contributed by atoms with E-state index in [1.165, 1.54) is 27.8 Å². The van der Waals surface area contributed by atoms with Crippen LogP contribution in [0.5, 0.6) is 0 Å². The zero-order chi connectivity index (χ0) is 18.9. The van der Waals surface area contributed by atoms with Gasteiger partial charge in [0.05, 0.1) is 12.6 Å². The van der Waals surface area contributed by atoms with Crippen LogP contribution in [-0.4, -0.2) is 42.9 Å². The van der Waals surface area contributed by atoms with Crippen LogP contribution in [0.15, 0.2) is 46.8 Å². The smallest absolute Gasteiger partial charge is 0.215 e. The zero-order valence-corrected chi connectivity index (χ0v) is 16.9. The number of aryl methyl sites for hydroxylation is 1. The summed E-state index contributed by atoms with van der Waals surface area (Å²) in [7, 11) is 0. The number of nitrogens with zero attached hydrogens (tertiary/aromatic N) is 6. The van der Waals surface area contributed by atoms with E-state index >= 15 is 0 Å². The van der Waals surface area contributed by atoms with Crippen LogP contribution in [0.1, 0.15) is 18.4 Å². The lowest BCUT2D eigenvalue weighted by atomic mass is 10.1. The maximum Gasteiger partial charge on any atom is 0.215 e. The fraction of sp³-hybridized carbons (Fsp3) is 0.316. The normalized spacial score (nSPS) is 16.8. The van der Waals surface area contributed by atoms with E-state index in [0.717, 1.165) is 39.8 Å². The van der Waals surface area contributed by atoms with Gasteiger partial charge in [-0.05, 0) is 53.1 Å². The fourth-order valence-corrected chi connectivity index (χ4v) is 5.57.